The van der Waals surface area contributed by atoms with E-state index in [4.69, 9.17) is 5.73 Å². The molecule has 0 heterocycles. The van der Waals surface area contributed by atoms with Crippen LogP contribution in [0.15, 0.2) is 0 Å². The number of carbonyl (C=O) groups is 2. The highest BCUT2D eigenvalue weighted by atomic mass is 16.2. The van der Waals surface area contributed by atoms with E-state index in [1.807, 2.05) is 27.7 Å². The summed E-state index contributed by atoms with van der Waals surface area (Å²) in [6, 6.07) is -0.518. The summed E-state index contributed by atoms with van der Waals surface area (Å²) in [6.45, 7) is 9.27. The molecule has 0 aliphatic carbocycles. The summed E-state index contributed by atoms with van der Waals surface area (Å²) in [7, 11) is 0. The van der Waals surface area contributed by atoms with Gasteiger partial charge in [0.15, 0.2) is 0 Å². The van der Waals surface area contributed by atoms with Crippen molar-refractivity contribution in [1.29, 1.82) is 0 Å². The molecular formula is C14H29N3O2. The summed E-state index contributed by atoms with van der Waals surface area (Å²) in [4.78, 5) is 25.5. The van der Waals surface area contributed by atoms with Crippen LogP contribution in [0.5, 0.6) is 0 Å². The Labute approximate surface area is 116 Å². The number of nitrogens with zero attached hydrogens (tertiary/aromatic N) is 1. The van der Waals surface area contributed by atoms with Crippen molar-refractivity contribution in [3.8, 4) is 0 Å². The number of hydrogen-bond donors (Lipinski definition) is 2. The minimum Gasteiger partial charge on any atom is -0.355 e. The fourth-order valence-corrected chi connectivity index (χ4v) is 1.74. The normalized spacial score (nSPS) is 13.7. The molecule has 0 aromatic heterocycles. The molecule has 2 amide bonds. The zero-order chi connectivity index (χ0) is 14.8. The molecule has 0 aromatic carbocycles. The number of rotatable bonds is 9. The highest BCUT2D eigenvalue weighted by Crippen LogP contribution is 2.09. The molecule has 2 atom stereocenters. The van der Waals surface area contributed by atoms with Crippen LogP contribution in [-0.4, -0.2) is 42.4 Å². The smallest absolute Gasteiger partial charge is 0.240 e. The van der Waals surface area contributed by atoms with Crippen molar-refractivity contribution in [1.82, 2.24) is 10.2 Å². The first-order valence-electron chi connectivity index (χ1n) is 7.28. The van der Waals surface area contributed by atoms with E-state index >= 15 is 0 Å². The Morgan fingerprint density at radius 2 is 1.84 bits per heavy atom. The van der Waals surface area contributed by atoms with Crippen LogP contribution in [0.3, 0.4) is 0 Å². The molecule has 0 fully saturated rings. The lowest BCUT2D eigenvalue weighted by molar-refractivity contribution is -0.138. The number of carbonyl (C=O) groups excluding carboxylic acids is 2. The van der Waals surface area contributed by atoms with Crippen LogP contribution < -0.4 is 11.1 Å². The van der Waals surface area contributed by atoms with Crippen LogP contribution in [0.25, 0.3) is 0 Å². The van der Waals surface area contributed by atoms with E-state index in [1.54, 1.807) is 4.90 Å². The molecule has 0 saturated heterocycles. The van der Waals surface area contributed by atoms with Crippen molar-refractivity contribution in [2.24, 2.45) is 11.7 Å². The largest absolute Gasteiger partial charge is 0.355 e. The third-order valence-electron chi connectivity index (χ3n) is 3.25. The van der Waals surface area contributed by atoms with E-state index in [0.29, 0.717) is 13.1 Å². The fraction of sp³-hybridized carbons (Fsp3) is 0.857. The lowest BCUT2D eigenvalue weighted by Gasteiger charge is -2.27. The molecule has 0 rings (SSSR count). The average molecular weight is 271 g/mol. The van der Waals surface area contributed by atoms with Gasteiger partial charge in [-0.1, -0.05) is 34.1 Å². The Morgan fingerprint density at radius 3 is 2.32 bits per heavy atom. The van der Waals surface area contributed by atoms with Crippen LogP contribution in [0.1, 0.15) is 47.0 Å². The number of amides is 2. The predicted molar refractivity (Wildman–Crippen MR) is 77.6 cm³/mol. The highest BCUT2D eigenvalue weighted by Gasteiger charge is 2.25. The van der Waals surface area contributed by atoms with Gasteiger partial charge in [0.1, 0.15) is 0 Å². The van der Waals surface area contributed by atoms with Gasteiger partial charge in [-0.05, 0) is 18.8 Å². The Bertz CT molecular complexity index is 282. The minimum atomic E-state index is -0.518. The molecule has 19 heavy (non-hydrogen) atoms. The second-order valence-corrected chi connectivity index (χ2v) is 5.02. The van der Waals surface area contributed by atoms with Gasteiger partial charge in [0.25, 0.3) is 0 Å². The topological polar surface area (TPSA) is 75.4 Å². The van der Waals surface area contributed by atoms with Crippen LogP contribution >= 0.6 is 0 Å². The molecule has 5 nitrogen and oxygen atoms in total. The van der Waals surface area contributed by atoms with E-state index in [2.05, 4.69) is 5.32 Å². The molecule has 0 bridgehead atoms. The van der Waals surface area contributed by atoms with Crippen LogP contribution in [0.2, 0.25) is 0 Å². The molecule has 5 heteroatoms. The number of hydrogen-bond acceptors (Lipinski definition) is 3. The highest BCUT2D eigenvalue weighted by molar-refractivity contribution is 5.87. The van der Waals surface area contributed by atoms with Crippen LogP contribution in [0.4, 0.5) is 0 Å². The first kappa shape index (κ1) is 17.9. The monoisotopic (exact) mass is 271 g/mol. The van der Waals surface area contributed by atoms with Gasteiger partial charge in [-0.15, -0.1) is 0 Å². The molecule has 0 aliphatic rings. The lowest BCUT2D eigenvalue weighted by Crippen LogP contribution is -2.50. The van der Waals surface area contributed by atoms with Gasteiger partial charge in [-0.2, -0.15) is 0 Å². The maximum Gasteiger partial charge on any atom is 0.240 e. The maximum absolute atomic E-state index is 12.3. The van der Waals surface area contributed by atoms with E-state index in [0.717, 1.165) is 19.3 Å². The molecule has 0 spiro atoms. The van der Waals surface area contributed by atoms with Gasteiger partial charge < -0.3 is 16.0 Å². The van der Waals surface area contributed by atoms with Crippen molar-refractivity contribution in [2.75, 3.05) is 19.6 Å². The summed E-state index contributed by atoms with van der Waals surface area (Å²) in [5, 5.41) is 2.78. The summed E-state index contributed by atoms with van der Waals surface area (Å²) in [5.41, 5.74) is 5.96. The molecule has 0 saturated carbocycles. The number of nitrogens with one attached hydrogen (secondary N) is 1. The third-order valence-corrected chi connectivity index (χ3v) is 3.25. The van der Waals surface area contributed by atoms with Gasteiger partial charge in [0.2, 0.25) is 11.8 Å². The van der Waals surface area contributed by atoms with E-state index in [9.17, 15) is 9.59 Å². The van der Waals surface area contributed by atoms with Gasteiger partial charge in [0.05, 0.1) is 12.6 Å². The van der Waals surface area contributed by atoms with Gasteiger partial charge >= 0.3 is 0 Å². The second kappa shape index (κ2) is 9.78. The maximum atomic E-state index is 12.3. The van der Waals surface area contributed by atoms with Crippen LogP contribution in [0, 0.1) is 5.92 Å². The average Bonchev–Trinajstić information content (AvgIpc) is 2.42. The van der Waals surface area contributed by atoms with Crippen molar-refractivity contribution in [3.63, 3.8) is 0 Å². The third kappa shape index (κ3) is 6.57. The van der Waals surface area contributed by atoms with E-state index in [-0.39, 0.29) is 24.3 Å². The first-order valence-corrected chi connectivity index (χ1v) is 7.28. The molecule has 112 valence electrons. The van der Waals surface area contributed by atoms with Gasteiger partial charge in [0, 0.05) is 13.1 Å². The Balaban J connectivity index is 4.53. The Kier molecular flexibility index (Phi) is 9.21. The second-order valence-electron chi connectivity index (χ2n) is 5.02. The fourth-order valence-electron chi connectivity index (χ4n) is 1.74. The van der Waals surface area contributed by atoms with Crippen molar-refractivity contribution >= 4 is 11.8 Å². The van der Waals surface area contributed by atoms with E-state index in [1.165, 1.54) is 0 Å². The van der Waals surface area contributed by atoms with Crippen molar-refractivity contribution in [3.05, 3.63) is 0 Å². The quantitative estimate of drug-likeness (QED) is 0.660. The van der Waals surface area contributed by atoms with Gasteiger partial charge in [-0.25, -0.2) is 0 Å². The van der Waals surface area contributed by atoms with E-state index < -0.39 is 6.04 Å². The molecule has 0 aromatic rings. The first-order chi connectivity index (χ1) is 8.97. The number of nitrogens with two attached hydrogens (primary N) is 1. The summed E-state index contributed by atoms with van der Waals surface area (Å²) in [5.74, 6) is -0.103. The molecule has 0 radical (unpaired) electrons. The zero-order valence-corrected chi connectivity index (χ0v) is 12.7. The zero-order valence-electron chi connectivity index (χ0n) is 12.7. The minimum absolute atomic E-state index is 0.108. The standard InChI is InChI=1S/C14H29N3O2/c1-5-8-16-12(18)10-17(9-6-2)14(19)13(15)11(4)7-3/h11,13H,5-10,15H2,1-4H3,(H,16,18)/t11?,13-/m0/s1. The Hall–Kier alpha value is -1.10. The lowest BCUT2D eigenvalue weighted by atomic mass is 9.99. The predicted octanol–water partition coefficient (Wildman–Crippen LogP) is 1.12. The summed E-state index contributed by atoms with van der Waals surface area (Å²) in [6.07, 6.45) is 2.56. The molecule has 3 N–H and O–H groups in total. The SMILES string of the molecule is CCCNC(=O)CN(CCC)C(=O)[C@@H](N)C(C)CC. The van der Waals surface area contributed by atoms with Crippen LogP contribution in [-0.2, 0) is 9.59 Å². The summed E-state index contributed by atoms with van der Waals surface area (Å²) < 4.78 is 0. The van der Waals surface area contributed by atoms with Crippen molar-refractivity contribution < 1.29 is 9.59 Å². The molecule has 0 aliphatic heterocycles. The molecular weight excluding hydrogens is 242 g/mol. The Morgan fingerprint density at radius 1 is 1.21 bits per heavy atom. The summed E-state index contributed by atoms with van der Waals surface area (Å²) >= 11 is 0. The molecule has 1 unspecified atom stereocenters. The van der Waals surface area contributed by atoms with Crippen molar-refractivity contribution in [2.45, 2.75) is 53.0 Å². The van der Waals surface area contributed by atoms with Gasteiger partial charge in [-0.3, -0.25) is 9.59 Å².